The Labute approximate surface area is 213 Å². The smallest absolute Gasteiger partial charge is 0.254 e. The third kappa shape index (κ3) is 6.60. The highest BCUT2D eigenvalue weighted by atomic mass is 19.2. The van der Waals surface area contributed by atoms with Crippen LogP contribution in [0.25, 0.3) is 0 Å². The highest BCUT2D eigenvalue weighted by Crippen LogP contribution is 2.28. The Morgan fingerprint density at radius 2 is 1.56 bits per heavy atom. The Bertz CT molecular complexity index is 1060. The fourth-order valence-corrected chi connectivity index (χ4v) is 4.59. The maximum Gasteiger partial charge on any atom is 0.254 e. The van der Waals surface area contributed by atoms with Gasteiger partial charge in [0, 0.05) is 76.6 Å². The molecule has 8 heteroatoms. The fraction of sp³-hybridized carbons (Fsp3) is 0.500. The fourth-order valence-electron chi connectivity index (χ4n) is 4.59. The molecule has 0 aromatic heterocycles. The standard InChI is InChI=1S/C28H38F2N4O2/c1-6-27(35)34-16-8-14-32(20(2)3)13-7-15-33(19-22-17-24(29)25(30)18-26(22)34)28(36)21-9-11-23(12-10-21)31(4)5/h9-12,17-18,20H,6-8,13-16,19H2,1-5H3. The van der Waals surface area contributed by atoms with E-state index in [1.807, 2.05) is 31.1 Å². The van der Waals surface area contributed by atoms with E-state index in [0.717, 1.165) is 37.3 Å². The number of hydrogen-bond donors (Lipinski definition) is 0. The summed E-state index contributed by atoms with van der Waals surface area (Å²) in [6.45, 7) is 8.51. The van der Waals surface area contributed by atoms with Gasteiger partial charge >= 0.3 is 0 Å². The maximum absolute atomic E-state index is 14.4. The minimum Gasteiger partial charge on any atom is -0.378 e. The number of carbonyl (C=O) groups excluding carboxylic acids is 2. The first kappa shape index (κ1) is 27.6. The largest absolute Gasteiger partial charge is 0.378 e. The minimum absolute atomic E-state index is 0.0793. The van der Waals surface area contributed by atoms with Gasteiger partial charge in [0.25, 0.3) is 5.91 Å². The average molecular weight is 501 g/mol. The Morgan fingerprint density at radius 1 is 0.944 bits per heavy atom. The van der Waals surface area contributed by atoms with Crippen LogP contribution in [-0.4, -0.2) is 67.9 Å². The number of halogens is 2. The van der Waals surface area contributed by atoms with Gasteiger partial charge in [0.1, 0.15) is 0 Å². The van der Waals surface area contributed by atoms with Gasteiger partial charge in [0.05, 0.1) is 5.69 Å². The van der Waals surface area contributed by atoms with E-state index in [2.05, 4.69) is 18.7 Å². The molecule has 1 heterocycles. The van der Waals surface area contributed by atoms with Crippen LogP contribution in [-0.2, 0) is 11.3 Å². The molecular weight excluding hydrogens is 462 g/mol. The summed E-state index contributed by atoms with van der Waals surface area (Å²) in [6.07, 6.45) is 1.70. The summed E-state index contributed by atoms with van der Waals surface area (Å²) in [6, 6.07) is 9.87. The van der Waals surface area contributed by atoms with Crippen LogP contribution >= 0.6 is 0 Å². The highest BCUT2D eigenvalue weighted by molar-refractivity contribution is 5.96. The van der Waals surface area contributed by atoms with Crippen molar-refractivity contribution in [3.8, 4) is 0 Å². The SMILES string of the molecule is CCC(=O)N1CCCN(C(C)C)CCCN(C(=O)c2ccc(N(C)C)cc2)Cc2cc(F)c(F)cc21. The van der Waals surface area contributed by atoms with E-state index in [-0.39, 0.29) is 24.8 Å². The summed E-state index contributed by atoms with van der Waals surface area (Å²) >= 11 is 0. The van der Waals surface area contributed by atoms with Gasteiger partial charge in [0.15, 0.2) is 11.6 Å². The topological polar surface area (TPSA) is 47.1 Å². The van der Waals surface area contributed by atoms with E-state index in [1.54, 1.807) is 28.9 Å². The quantitative estimate of drug-likeness (QED) is 0.598. The summed E-state index contributed by atoms with van der Waals surface area (Å²) in [5.74, 6) is -2.33. The van der Waals surface area contributed by atoms with Gasteiger partial charge in [0.2, 0.25) is 5.91 Å². The van der Waals surface area contributed by atoms with Gasteiger partial charge in [-0.15, -0.1) is 0 Å². The lowest BCUT2D eigenvalue weighted by atomic mass is 10.1. The van der Waals surface area contributed by atoms with Gasteiger partial charge in [-0.3, -0.25) is 9.59 Å². The number of rotatable bonds is 4. The number of nitrogens with zero attached hydrogens (tertiary/aromatic N) is 4. The van der Waals surface area contributed by atoms with Crippen molar-refractivity contribution in [2.45, 2.75) is 52.6 Å². The van der Waals surface area contributed by atoms with Crippen molar-refractivity contribution in [1.29, 1.82) is 0 Å². The molecule has 0 atom stereocenters. The van der Waals surface area contributed by atoms with Crippen LogP contribution in [0.4, 0.5) is 20.2 Å². The molecule has 0 radical (unpaired) electrons. The number of carbonyl (C=O) groups is 2. The van der Waals surface area contributed by atoms with Crippen LogP contribution in [0, 0.1) is 11.6 Å². The summed E-state index contributed by atoms with van der Waals surface area (Å²) in [4.78, 5) is 34.0. The number of anilines is 2. The van der Waals surface area contributed by atoms with Crippen LogP contribution in [0.1, 0.15) is 56.0 Å². The number of hydrogen-bond acceptors (Lipinski definition) is 4. The van der Waals surface area contributed by atoms with Crippen molar-refractivity contribution in [2.24, 2.45) is 0 Å². The van der Waals surface area contributed by atoms with E-state index >= 15 is 0 Å². The summed E-state index contributed by atoms with van der Waals surface area (Å²) in [5, 5.41) is 0. The zero-order chi connectivity index (χ0) is 26.4. The third-order valence-corrected chi connectivity index (χ3v) is 6.73. The molecule has 0 saturated heterocycles. The van der Waals surface area contributed by atoms with E-state index in [1.165, 1.54) is 0 Å². The molecular formula is C28H38F2N4O2. The van der Waals surface area contributed by atoms with Crippen LogP contribution < -0.4 is 9.80 Å². The Morgan fingerprint density at radius 3 is 2.14 bits per heavy atom. The van der Waals surface area contributed by atoms with Crippen LogP contribution in [0.5, 0.6) is 0 Å². The van der Waals surface area contributed by atoms with Gasteiger partial charge in [-0.05, 0) is 62.6 Å². The number of fused-ring (bicyclic) bond motifs is 1. The summed E-state index contributed by atoms with van der Waals surface area (Å²) in [5.41, 5.74) is 2.26. The van der Waals surface area contributed by atoms with Crippen molar-refractivity contribution in [3.05, 3.63) is 59.2 Å². The van der Waals surface area contributed by atoms with Gasteiger partial charge in [-0.2, -0.15) is 0 Å². The van der Waals surface area contributed by atoms with Crippen LogP contribution in [0.15, 0.2) is 36.4 Å². The second-order valence-electron chi connectivity index (χ2n) is 9.80. The van der Waals surface area contributed by atoms with Crippen molar-refractivity contribution < 1.29 is 18.4 Å². The van der Waals surface area contributed by atoms with Gasteiger partial charge in [-0.25, -0.2) is 8.78 Å². The van der Waals surface area contributed by atoms with E-state index in [9.17, 15) is 18.4 Å². The molecule has 0 N–H and O–H groups in total. The lowest BCUT2D eigenvalue weighted by molar-refractivity contribution is -0.118. The Balaban J connectivity index is 2.04. The predicted molar refractivity (Wildman–Crippen MR) is 140 cm³/mol. The first-order valence-corrected chi connectivity index (χ1v) is 12.7. The Kier molecular flexibility index (Phi) is 9.43. The highest BCUT2D eigenvalue weighted by Gasteiger charge is 2.25. The van der Waals surface area contributed by atoms with Crippen molar-refractivity contribution in [3.63, 3.8) is 0 Å². The molecule has 0 spiro atoms. The molecule has 1 aliphatic heterocycles. The molecule has 0 aliphatic carbocycles. The molecule has 196 valence electrons. The van der Waals surface area contributed by atoms with Crippen molar-refractivity contribution in [1.82, 2.24) is 9.80 Å². The molecule has 36 heavy (non-hydrogen) atoms. The molecule has 2 amide bonds. The van der Waals surface area contributed by atoms with E-state index < -0.39 is 11.6 Å². The molecule has 2 aromatic rings. The number of benzene rings is 2. The van der Waals surface area contributed by atoms with E-state index in [4.69, 9.17) is 0 Å². The first-order valence-electron chi connectivity index (χ1n) is 12.7. The number of amides is 2. The molecule has 6 nitrogen and oxygen atoms in total. The van der Waals surface area contributed by atoms with Gasteiger partial charge in [-0.1, -0.05) is 6.92 Å². The monoisotopic (exact) mass is 500 g/mol. The lowest BCUT2D eigenvalue weighted by Gasteiger charge is -2.33. The Hall–Kier alpha value is -3.00. The predicted octanol–water partition coefficient (Wildman–Crippen LogP) is 4.92. The molecule has 3 rings (SSSR count). The second-order valence-corrected chi connectivity index (χ2v) is 9.80. The molecule has 0 saturated carbocycles. The minimum atomic E-state index is -1.00. The zero-order valence-electron chi connectivity index (χ0n) is 22.1. The second kappa shape index (κ2) is 12.3. The molecule has 0 fully saturated rings. The zero-order valence-corrected chi connectivity index (χ0v) is 22.1. The van der Waals surface area contributed by atoms with Crippen LogP contribution in [0.3, 0.4) is 0 Å². The van der Waals surface area contributed by atoms with Crippen molar-refractivity contribution >= 4 is 23.2 Å². The molecule has 0 bridgehead atoms. The first-order chi connectivity index (χ1) is 17.1. The van der Waals surface area contributed by atoms with Crippen LogP contribution in [0.2, 0.25) is 0 Å². The average Bonchev–Trinajstić information content (AvgIpc) is 2.85. The van der Waals surface area contributed by atoms with Crippen molar-refractivity contribution in [2.75, 3.05) is 50.1 Å². The maximum atomic E-state index is 14.4. The molecule has 0 unspecified atom stereocenters. The summed E-state index contributed by atoms with van der Waals surface area (Å²) in [7, 11) is 3.86. The normalized spacial score (nSPS) is 15.8. The van der Waals surface area contributed by atoms with E-state index in [0.29, 0.717) is 42.4 Å². The summed E-state index contributed by atoms with van der Waals surface area (Å²) < 4.78 is 28.8. The lowest BCUT2D eigenvalue weighted by Crippen LogP contribution is -2.40. The third-order valence-electron chi connectivity index (χ3n) is 6.73. The van der Waals surface area contributed by atoms with Gasteiger partial charge < -0.3 is 19.6 Å². The molecule has 2 aromatic carbocycles. The molecule has 1 aliphatic rings.